The number of carbonyl (C=O) groups is 1. The molecule has 0 aliphatic heterocycles. The second kappa shape index (κ2) is 5.67. The molecule has 0 bridgehead atoms. The Kier molecular flexibility index (Phi) is 5.47. The van der Waals surface area contributed by atoms with Gasteiger partial charge in [0.2, 0.25) is 5.91 Å². The summed E-state index contributed by atoms with van der Waals surface area (Å²) >= 11 is 0. The number of hydrogen-bond donors (Lipinski definition) is 2. The Bertz CT molecular complexity index is 223. The zero-order chi connectivity index (χ0) is 13.0. The monoisotopic (exact) mass is 228 g/mol. The van der Waals surface area contributed by atoms with E-state index in [2.05, 4.69) is 46.9 Å². The van der Waals surface area contributed by atoms with Crippen molar-refractivity contribution in [2.75, 3.05) is 6.54 Å². The molecule has 0 aliphatic carbocycles. The third kappa shape index (κ3) is 6.83. The Labute approximate surface area is 100 Å². The Hall–Kier alpha value is -0.570. The van der Waals surface area contributed by atoms with Crippen LogP contribution in [0.2, 0.25) is 0 Å². The predicted molar refractivity (Wildman–Crippen MR) is 69.1 cm³/mol. The second-order valence-corrected chi connectivity index (χ2v) is 6.80. The van der Waals surface area contributed by atoms with Crippen LogP contribution >= 0.6 is 0 Å². The van der Waals surface area contributed by atoms with Crippen LogP contribution < -0.4 is 11.1 Å². The minimum atomic E-state index is 0.0369. The molecule has 16 heavy (non-hydrogen) atoms. The quantitative estimate of drug-likeness (QED) is 0.775. The molecule has 0 saturated carbocycles. The van der Waals surface area contributed by atoms with E-state index in [1.807, 2.05) is 0 Å². The van der Waals surface area contributed by atoms with Gasteiger partial charge in [0.05, 0.1) is 0 Å². The molecule has 0 saturated heterocycles. The summed E-state index contributed by atoms with van der Waals surface area (Å²) in [5, 5.41) is 3.10. The largest absolute Gasteiger partial charge is 0.353 e. The van der Waals surface area contributed by atoms with E-state index < -0.39 is 0 Å². The number of nitrogens with one attached hydrogen (secondary N) is 1. The lowest BCUT2D eigenvalue weighted by Gasteiger charge is -2.32. The molecule has 0 radical (unpaired) electrons. The molecular formula is C13H28N2O. The molecule has 0 heterocycles. The first kappa shape index (κ1) is 15.4. The topological polar surface area (TPSA) is 55.1 Å². The van der Waals surface area contributed by atoms with Gasteiger partial charge in [-0.05, 0) is 23.8 Å². The Morgan fingerprint density at radius 1 is 1.19 bits per heavy atom. The van der Waals surface area contributed by atoms with Crippen molar-refractivity contribution in [2.24, 2.45) is 16.6 Å². The SMILES string of the molecule is CC(C)(C)CC(=O)NC(CCN)C(C)(C)C. The maximum Gasteiger partial charge on any atom is 0.220 e. The van der Waals surface area contributed by atoms with Gasteiger partial charge >= 0.3 is 0 Å². The normalized spacial score (nSPS) is 14.7. The first-order chi connectivity index (χ1) is 7.06. The highest BCUT2D eigenvalue weighted by molar-refractivity contribution is 5.76. The third-order valence-electron chi connectivity index (χ3n) is 2.53. The summed E-state index contributed by atoms with van der Waals surface area (Å²) in [6.45, 7) is 13.2. The lowest BCUT2D eigenvalue weighted by molar-refractivity contribution is -0.124. The molecule has 0 rings (SSSR count). The summed E-state index contributed by atoms with van der Waals surface area (Å²) in [5.74, 6) is 0.126. The average molecular weight is 228 g/mol. The fraction of sp³-hybridized carbons (Fsp3) is 0.923. The van der Waals surface area contributed by atoms with Crippen molar-refractivity contribution in [1.82, 2.24) is 5.32 Å². The fourth-order valence-electron chi connectivity index (χ4n) is 1.62. The summed E-state index contributed by atoms with van der Waals surface area (Å²) in [7, 11) is 0. The maximum absolute atomic E-state index is 11.8. The third-order valence-corrected chi connectivity index (χ3v) is 2.53. The van der Waals surface area contributed by atoms with Gasteiger partial charge in [-0.3, -0.25) is 4.79 Å². The highest BCUT2D eigenvalue weighted by atomic mass is 16.1. The van der Waals surface area contributed by atoms with E-state index in [0.717, 1.165) is 6.42 Å². The smallest absolute Gasteiger partial charge is 0.220 e. The van der Waals surface area contributed by atoms with Crippen LogP contribution in [0.15, 0.2) is 0 Å². The van der Waals surface area contributed by atoms with Crippen molar-refractivity contribution in [3.05, 3.63) is 0 Å². The van der Waals surface area contributed by atoms with E-state index in [9.17, 15) is 4.79 Å². The number of rotatable bonds is 4. The molecule has 0 spiro atoms. The maximum atomic E-state index is 11.8. The molecule has 0 aromatic carbocycles. The number of hydrogen-bond acceptors (Lipinski definition) is 2. The van der Waals surface area contributed by atoms with Crippen LogP contribution in [0, 0.1) is 10.8 Å². The summed E-state index contributed by atoms with van der Waals surface area (Å²) in [5.41, 5.74) is 5.68. The van der Waals surface area contributed by atoms with Crippen molar-refractivity contribution >= 4 is 5.91 Å². The minimum Gasteiger partial charge on any atom is -0.353 e. The van der Waals surface area contributed by atoms with Crippen LogP contribution in [-0.2, 0) is 4.79 Å². The predicted octanol–water partition coefficient (Wildman–Crippen LogP) is 2.30. The second-order valence-electron chi connectivity index (χ2n) is 6.80. The lowest BCUT2D eigenvalue weighted by atomic mass is 9.84. The minimum absolute atomic E-state index is 0.0369. The van der Waals surface area contributed by atoms with Crippen molar-refractivity contribution < 1.29 is 4.79 Å². The van der Waals surface area contributed by atoms with Crippen LogP contribution in [0.3, 0.4) is 0 Å². The first-order valence-electron chi connectivity index (χ1n) is 6.06. The molecule has 3 heteroatoms. The van der Waals surface area contributed by atoms with E-state index >= 15 is 0 Å². The van der Waals surface area contributed by atoms with Gasteiger partial charge in [0.15, 0.2) is 0 Å². The van der Waals surface area contributed by atoms with Gasteiger partial charge in [-0.2, -0.15) is 0 Å². The van der Waals surface area contributed by atoms with Crippen LogP contribution in [0.5, 0.6) is 0 Å². The molecule has 0 aliphatic rings. The van der Waals surface area contributed by atoms with Gasteiger partial charge in [-0.1, -0.05) is 41.5 Å². The zero-order valence-electron chi connectivity index (χ0n) is 11.7. The lowest BCUT2D eigenvalue weighted by Crippen LogP contribution is -2.45. The van der Waals surface area contributed by atoms with Crippen LogP contribution in [0.25, 0.3) is 0 Å². The van der Waals surface area contributed by atoms with E-state index in [1.165, 1.54) is 0 Å². The van der Waals surface area contributed by atoms with E-state index in [1.54, 1.807) is 0 Å². The van der Waals surface area contributed by atoms with Crippen LogP contribution in [0.4, 0.5) is 0 Å². The molecule has 1 amide bonds. The van der Waals surface area contributed by atoms with Gasteiger partial charge < -0.3 is 11.1 Å². The van der Waals surface area contributed by atoms with E-state index in [0.29, 0.717) is 13.0 Å². The molecule has 3 nitrogen and oxygen atoms in total. The Morgan fingerprint density at radius 3 is 2.00 bits per heavy atom. The van der Waals surface area contributed by atoms with Crippen molar-refractivity contribution in [2.45, 2.75) is 60.4 Å². The molecule has 0 aromatic heterocycles. The number of carbonyl (C=O) groups excluding carboxylic acids is 1. The Morgan fingerprint density at radius 2 is 1.69 bits per heavy atom. The summed E-state index contributed by atoms with van der Waals surface area (Å²) in [6, 6.07) is 0.160. The van der Waals surface area contributed by atoms with Crippen LogP contribution in [0.1, 0.15) is 54.4 Å². The number of amides is 1. The summed E-state index contributed by atoms with van der Waals surface area (Å²) in [6.07, 6.45) is 1.39. The van der Waals surface area contributed by atoms with Gasteiger partial charge in [-0.15, -0.1) is 0 Å². The molecular weight excluding hydrogens is 200 g/mol. The molecule has 0 fully saturated rings. The average Bonchev–Trinajstić information content (AvgIpc) is 1.97. The van der Waals surface area contributed by atoms with Gasteiger partial charge in [0, 0.05) is 12.5 Å². The molecule has 96 valence electrons. The summed E-state index contributed by atoms with van der Waals surface area (Å²) in [4.78, 5) is 11.8. The van der Waals surface area contributed by atoms with Crippen molar-refractivity contribution in [1.29, 1.82) is 0 Å². The van der Waals surface area contributed by atoms with Gasteiger partial charge in [0.25, 0.3) is 0 Å². The van der Waals surface area contributed by atoms with Gasteiger partial charge in [0.1, 0.15) is 0 Å². The van der Waals surface area contributed by atoms with E-state index in [4.69, 9.17) is 5.73 Å². The van der Waals surface area contributed by atoms with Crippen molar-refractivity contribution in [3.63, 3.8) is 0 Å². The van der Waals surface area contributed by atoms with Crippen LogP contribution in [-0.4, -0.2) is 18.5 Å². The molecule has 3 N–H and O–H groups in total. The number of nitrogens with two attached hydrogens (primary N) is 1. The highest BCUT2D eigenvalue weighted by Gasteiger charge is 2.26. The first-order valence-corrected chi connectivity index (χ1v) is 6.06. The fourth-order valence-corrected chi connectivity index (χ4v) is 1.62. The van der Waals surface area contributed by atoms with E-state index in [-0.39, 0.29) is 22.8 Å². The summed E-state index contributed by atoms with van der Waals surface area (Å²) < 4.78 is 0. The zero-order valence-corrected chi connectivity index (χ0v) is 11.7. The Balaban J connectivity index is 4.36. The van der Waals surface area contributed by atoms with Crippen molar-refractivity contribution in [3.8, 4) is 0 Å². The highest BCUT2D eigenvalue weighted by Crippen LogP contribution is 2.23. The molecule has 1 atom stereocenters. The molecule has 1 unspecified atom stereocenters. The standard InChI is InChI=1S/C13H28N2O/c1-12(2,3)9-11(16)15-10(7-8-14)13(4,5)6/h10H,7-9,14H2,1-6H3,(H,15,16). The molecule has 0 aromatic rings. The van der Waals surface area contributed by atoms with Gasteiger partial charge in [-0.25, -0.2) is 0 Å².